The zero-order valence-corrected chi connectivity index (χ0v) is 14.8. The Labute approximate surface area is 142 Å². The Morgan fingerprint density at radius 3 is 2.21 bits per heavy atom. The third kappa shape index (κ3) is 2.94. The van der Waals surface area contributed by atoms with E-state index in [4.69, 9.17) is 4.42 Å². The molecule has 0 aliphatic carbocycles. The summed E-state index contributed by atoms with van der Waals surface area (Å²) in [5.74, 6) is 0.695. The number of aryl methyl sites for hydroxylation is 2. The van der Waals surface area contributed by atoms with Gasteiger partial charge in [0.25, 0.3) is 0 Å². The van der Waals surface area contributed by atoms with Crippen LogP contribution in [0, 0.1) is 13.8 Å². The largest absolute Gasteiger partial charge is 0.456 e. The molecule has 1 heterocycles. The molecule has 0 bridgehead atoms. The minimum Gasteiger partial charge on any atom is -0.456 e. The van der Waals surface area contributed by atoms with E-state index >= 15 is 0 Å². The smallest absolute Gasteiger partial charge is 0.137 e. The summed E-state index contributed by atoms with van der Waals surface area (Å²) in [6.45, 7) is 10.6. The molecule has 2 aromatic carbocycles. The van der Waals surface area contributed by atoms with Crippen molar-refractivity contribution >= 4 is 11.0 Å². The van der Waals surface area contributed by atoms with E-state index < -0.39 is 0 Å². The van der Waals surface area contributed by atoms with Gasteiger partial charge in [0.2, 0.25) is 0 Å². The zero-order chi connectivity index (χ0) is 17.5. The van der Waals surface area contributed by atoms with E-state index in [0.717, 1.165) is 27.7 Å². The van der Waals surface area contributed by atoms with E-state index in [0.29, 0.717) is 11.1 Å². The number of hydrogen-bond acceptors (Lipinski definition) is 3. The van der Waals surface area contributed by atoms with Crippen LogP contribution in [0.3, 0.4) is 0 Å². The Morgan fingerprint density at radius 2 is 1.62 bits per heavy atom. The summed E-state index contributed by atoms with van der Waals surface area (Å²) in [6.07, 6.45) is 0. The van der Waals surface area contributed by atoms with E-state index in [1.165, 1.54) is 5.56 Å². The van der Waals surface area contributed by atoms with E-state index in [9.17, 15) is 5.21 Å². The molecule has 0 atom stereocenters. The maximum atomic E-state index is 9.43. The lowest BCUT2D eigenvalue weighted by Crippen LogP contribution is -2.10. The highest BCUT2D eigenvalue weighted by Gasteiger charge is 2.14. The third-order valence-electron chi connectivity index (χ3n) is 4.33. The van der Waals surface area contributed by atoms with Crippen molar-refractivity contribution in [3.8, 4) is 11.3 Å². The molecule has 124 valence electrons. The molecule has 24 heavy (non-hydrogen) atoms. The molecule has 0 radical (unpaired) electrons. The van der Waals surface area contributed by atoms with Gasteiger partial charge in [-0.15, -0.1) is 0 Å². The summed E-state index contributed by atoms with van der Waals surface area (Å²) < 4.78 is 6.11. The SMILES string of the molecule is Cc1cc(C)c2/c(=N/O)cc(-c3ccc(C(C)(C)C)cc3)oc2c1. The first-order valence-corrected chi connectivity index (χ1v) is 8.14. The van der Waals surface area contributed by atoms with Crippen LogP contribution in [-0.2, 0) is 5.41 Å². The molecule has 3 aromatic rings. The highest BCUT2D eigenvalue weighted by molar-refractivity contribution is 5.82. The van der Waals surface area contributed by atoms with Gasteiger partial charge < -0.3 is 9.62 Å². The Bertz CT molecular complexity index is 958. The van der Waals surface area contributed by atoms with Gasteiger partial charge in [-0.2, -0.15) is 0 Å². The van der Waals surface area contributed by atoms with Crippen molar-refractivity contribution in [1.82, 2.24) is 0 Å². The van der Waals surface area contributed by atoms with Gasteiger partial charge in [-0.3, -0.25) is 0 Å². The average molecular weight is 321 g/mol. The fourth-order valence-electron chi connectivity index (χ4n) is 3.04. The third-order valence-corrected chi connectivity index (χ3v) is 4.33. The van der Waals surface area contributed by atoms with Gasteiger partial charge in [-0.1, -0.05) is 56.3 Å². The summed E-state index contributed by atoms with van der Waals surface area (Å²) >= 11 is 0. The normalized spacial score (nSPS) is 12.8. The van der Waals surface area contributed by atoms with Crippen LogP contribution in [0.1, 0.15) is 37.5 Å². The van der Waals surface area contributed by atoms with E-state index in [1.54, 1.807) is 6.07 Å². The van der Waals surface area contributed by atoms with Crippen molar-refractivity contribution in [1.29, 1.82) is 0 Å². The Balaban J connectivity index is 2.21. The van der Waals surface area contributed by atoms with E-state index in [1.807, 2.05) is 19.9 Å². The number of fused-ring (bicyclic) bond motifs is 1. The van der Waals surface area contributed by atoms with Crippen LogP contribution in [0.4, 0.5) is 0 Å². The van der Waals surface area contributed by atoms with Crippen LogP contribution in [0.5, 0.6) is 0 Å². The molecule has 3 nitrogen and oxygen atoms in total. The van der Waals surface area contributed by atoms with Gasteiger partial charge in [0.1, 0.15) is 16.7 Å². The molecule has 0 spiro atoms. The lowest BCUT2D eigenvalue weighted by Gasteiger charge is -2.19. The number of hydrogen-bond donors (Lipinski definition) is 1. The molecule has 1 N–H and O–H groups in total. The fourth-order valence-corrected chi connectivity index (χ4v) is 3.04. The quantitative estimate of drug-likeness (QED) is 0.488. The second kappa shape index (κ2) is 5.82. The number of benzene rings is 2. The summed E-state index contributed by atoms with van der Waals surface area (Å²) in [5, 5.41) is 14.3. The van der Waals surface area contributed by atoms with Crippen molar-refractivity contribution in [2.45, 2.75) is 40.0 Å². The van der Waals surface area contributed by atoms with Gasteiger partial charge in [0, 0.05) is 17.0 Å². The van der Waals surface area contributed by atoms with E-state index in [-0.39, 0.29) is 5.41 Å². The minimum absolute atomic E-state index is 0.110. The van der Waals surface area contributed by atoms with Crippen LogP contribution in [0.15, 0.2) is 52.0 Å². The van der Waals surface area contributed by atoms with Crippen LogP contribution < -0.4 is 5.36 Å². The maximum Gasteiger partial charge on any atom is 0.137 e. The lowest BCUT2D eigenvalue weighted by atomic mass is 9.86. The minimum atomic E-state index is 0.110. The molecular weight excluding hydrogens is 298 g/mol. The summed E-state index contributed by atoms with van der Waals surface area (Å²) in [4.78, 5) is 0. The van der Waals surface area contributed by atoms with Gasteiger partial charge in [0.05, 0.1) is 0 Å². The first-order chi connectivity index (χ1) is 11.3. The Morgan fingerprint density at radius 1 is 0.958 bits per heavy atom. The molecule has 1 aromatic heterocycles. The molecule has 0 saturated heterocycles. The highest BCUT2D eigenvalue weighted by Crippen LogP contribution is 2.28. The van der Waals surface area contributed by atoms with Crippen LogP contribution in [-0.4, -0.2) is 5.21 Å². The van der Waals surface area contributed by atoms with Crippen molar-refractivity contribution in [3.05, 3.63) is 64.5 Å². The first kappa shape index (κ1) is 16.3. The Kier molecular flexibility index (Phi) is 3.96. The predicted molar refractivity (Wildman–Crippen MR) is 97.2 cm³/mol. The fraction of sp³-hybridized carbons (Fsp3) is 0.286. The number of rotatable bonds is 1. The molecule has 0 aliphatic rings. The average Bonchev–Trinajstić information content (AvgIpc) is 2.52. The standard InChI is InChI=1S/C21H23NO2/c1-13-10-14(2)20-17(22-23)12-18(24-19(20)11-13)15-6-8-16(9-7-15)21(3,4)5/h6-12,23H,1-5H3/b22-17+. The molecule has 0 aliphatic heterocycles. The summed E-state index contributed by atoms with van der Waals surface area (Å²) in [5.41, 5.74) is 5.24. The molecule has 0 amide bonds. The topological polar surface area (TPSA) is 45.7 Å². The number of nitrogens with zero attached hydrogens (tertiary/aromatic N) is 1. The van der Waals surface area contributed by atoms with Crippen molar-refractivity contribution < 1.29 is 9.62 Å². The highest BCUT2D eigenvalue weighted by atomic mass is 16.4. The molecule has 0 fully saturated rings. The monoisotopic (exact) mass is 321 g/mol. The molecule has 3 heteroatoms. The summed E-state index contributed by atoms with van der Waals surface area (Å²) in [7, 11) is 0. The van der Waals surface area contributed by atoms with Crippen LogP contribution >= 0.6 is 0 Å². The first-order valence-electron chi connectivity index (χ1n) is 8.14. The molecule has 3 rings (SSSR count). The predicted octanol–water partition coefficient (Wildman–Crippen LogP) is 5.30. The van der Waals surface area contributed by atoms with Crippen molar-refractivity contribution in [2.75, 3.05) is 0 Å². The van der Waals surface area contributed by atoms with Gasteiger partial charge in [-0.25, -0.2) is 0 Å². The van der Waals surface area contributed by atoms with Gasteiger partial charge in [0.15, 0.2) is 0 Å². The van der Waals surface area contributed by atoms with E-state index in [2.05, 4.69) is 56.3 Å². The molecular formula is C21H23NO2. The molecule has 0 unspecified atom stereocenters. The lowest BCUT2D eigenvalue weighted by molar-refractivity contribution is 0.302. The Hall–Kier alpha value is -2.55. The van der Waals surface area contributed by atoms with Crippen molar-refractivity contribution in [3.63, 3.8) is 0 Å². The van der Waals surface area contributed by atoms with Gasteiger partial charge in [-0.05, 0) is 42.0 Å². The second-order valence-electron chi connectivity index (χ2n) is 7.38. The maximum absolute atomic E-state index is 9.43. The zero-order valence-electron chi connectivity index (χ0n) is 14.8. The van der Waals surface area contributed by atoms with Gasteiger partial charge >= 0.3 is 0 Å². The van der Waals surface area contributed by atoms with Crippen LogP contribution in [0.25, 0.3) is 22.3 Å². The van der Waals surface area contributed by atoms with Crippen LogP contribution in [0.2, 0.25) is 0 Å². The summed E-state index contributed by atoms with van der Waals surface area (Å²) in [6, 6.07) is 14.2. The second-order valence-corrected chi connectivity index (χ2v) is 7.38. The molecule has 0 saturated carbocycles. The van der Waals surface area contributed by atoms with Crippen molar-refractivity contribution in [2.24, 2.45) is 5.16 Å².